The van der Waals surface area contributed by atoms with Gasteiger partial charge in [0.15, 0.2) is 12.2 Å². The largest absolute Gasteiger partial charge is 0.472 e. The van der Waals surface area contributed by atoms with Crippen molar-refractivity contribution in [2.45, 2.75) is 451 Å². The number of carbonyl (C=O) groups excluding carboxylic acids is 4. The average Bonchev–Trinajstić information content (AvgIpc) is 0.948. The van der Waals surface area contributed by atoms with E-state index in [1.165, 1.54) is 257 Å². The van der Waals surface area contributed by atoms with E-state index in [9.17, 15) is 43.2 Å². The molecule has 0 fully saturated rings. The molecule has 0 saturated heterocycles. The van der Waals surface area contributed by atoms with Crippen LogP contribution in [0.5, 0.6) is 0 Å². The standard InChI is InChI=1S/C81H158O17P2/c1-6-10-13-16-19-22-25-26-27-28-32-35-38-41-46-50-55-60-65-79(84)92-71-77(98-81(86)67-62-57-52-47-42-39-36-33-30-29-31-34-37-40-43-48-53-58-63-74(5)9-4)73-96-100(89,90)94-69-75(82)68-93-99(87,88)95-72-76(97-80(85)66-61-56-51-45-24-21-18-15-12-8-3)70-91-78(83)64-59-54-49-44-23-20-17-14-11-7-2/h74-77,82H,6-73H2,1-5H3,(H,87,88)(H,89,90)/t74?,75-,76+,77+/m0/s1. The Bertz CT molecular complexity index is 1910. The molecule has 6 atom stereocenters. The van der Waals surface area contributed by atoms with Gasteiger partial charge in [-0.3, -0.25) is 37.3 Å². The van der Waals surface area contributed by atoms with Gasteiger partial charge in [-0.05, 0) is 31.6 Å². The van der Waals surface area contributed by atoms with Gasteiger partial charge in [0.2, 0.25) is 0 Å². The van der Waals surface area contributed by atoms with E-state index in [0.717, 1.165) is 95.8 Å². The zero-order valence-electron chi connectivity index (χ0n) is 65.3. The molecule has 0 bridgehead atoms. The maximum absolute atomic E-state index is 13.1. The lowest BCUT2D eigenvalue weighted by molar-refractivity contribution is -0.161. The average molecular weight is 1470 g/mol. The summed E-state index contributed by atoms with van der Waals surface area (Å²) in [7, 11) is -9.91. The molecule has 17 nitrogen and oxygen atoms in total. The first kappa shape index (κ1) is 98.1. The van der Waals surface area contributed by atoms with Crippen LogP contribution in [-0.2, 0) is 65.4 Å². The van der Waals surface area contributed by atoms with Gasteiger partial charge < -0.3 is 33.8 Å². The lowest BCUT2D eigenvalue weighted by atomic mass is 9.99. The molecule has 3 unspecified atom stereocenters. The summed E-state index contributed by atoms with van der Waals surface area (Å²) < 4.78 is 68.6. The van der Waals surface area contributed by atoms with E-state index in [2.05, 4.69) is 34.6 Å². The minimum absolute atomic E-state index is 0.107. The number of aliphatic hydroxyl groups excluding tert-OH is 1. The van der Waals surface area contributed by atoms with Gasteiger partial charge in [-0.2, -0.15) is 0 Å². The van der Waals surface area contributed by atoms with Crippen LogP contribution < -0.4 is 0 Å². The van der Waals surface area contributed by atoms with Crippen molar-refractivity contribution in [3.63, 3.8) is 0 Å². The predicted molar refractivity (Wildman–Crippen MR) is 409 cm³/mol. The maximum atomic E-state index is 13.1. The normalized spacial score (nSPS) is 14.1. The number of aliphatic hydroxyl groups is 1. The van der Waals surface area contributed by atoms with Gasteiger partial charge in [-0.25, -0.2) is 9.13 Å². The van der Waals surface area contributed by atoms with Crippen LogP contribution in [0.15, 0.2) is 0 Å². The molecular formula is C81H158O17P2. The number of hydrogen-bond donors (Lipinski definition) is 3. The fourth-order valence-corrected chi connectivity index (χ4v) is 14.1. The molecule has 0 aliphatic carbocycles. The summed E-state index contributed by atoms with van der Waals surface area (Å²) in [4.78, 5) is 72.9. The van der Waals surface area contributed by atoms with Gasteiger partial charge in [0.05, 0.1) is 26.4 Å². The molecule has 0 heterocycles. The van der Waals surface area contributed by atoms with Crippen molar-refractivity contribution in [3.8, 4) is 0 Å². The summed E-state index contributed by atoms with van der Waals surface area (Å²) in [6, 6.07) is 0. The quantitative estimate of drug-likeness (QED) is 0.0222. The second-order valence-electron chi connectivity index (χ2n) is 29.4. The molecule has 0 aromatic rings. The van der Waals surface area contributed by atoms with Gasteiger partial charge in [-0.1, -0.05) is 381 Å². The van der Waals surface area contributed by atoms with Crippen molar-refractivity contribution < 1.29 is 80.2 Å². The van der Waals surface area contributed by atoms with Gasteiger partial charge in [-0.15, -0.1) is 0 Å². The molecule has 0 amide bonds. The Morgan fingerprint density at radius 2 is 0.480 bits per heavy atom. The van der Waals surface area contributed by atoms with Crippen molar-refractivity contribution in [2.24, 2.45) is 5.92 Å². The third-order valence-corrected chi connectivity index (χ3v) is 21.3. The third kappa shape index (κ3) is 73.0. The van der Waals surface area contributed by atoms with Crippen LogP contribution in [0.4, 0.5) is 0 Å². The number of rotatable bonds is 81. The van der Waals surface area contributed by atoms with Crippen LogP contribution in [-0.4, -0.2) is 96.7 Å². The summed E-state index contributed by atoms with van der Waals surface area (Å²) in [6.45, 7) is 7.37. The number of phosphoric acid groups is 2. The van der Waals surface area contributed by atoms with Crippen molar-refractivity contribution in [2.75, 3.05) is 39.6 Å². The Kier molecular flexibility index (Phi) is 72.5. The zero-order valence-corrected chi connectivity index (χ0v) is 67.1. The van der Waals surface area contributed by atoms with Crippen molar-refractivity contribution in [1.29, 1.82) is 0 Å². The Balaban J connectivity index is 5.18. The van der Waals surface area contributed by atoms with E-state index in [-0.39, 0.29) is 25.7 Å². The molecule has 3 N–H and O–H groups in total. The summed E-state index contributed by atoms with van der Waals surface area (Å²) >= 11 is 0. The first-order valence-corrected chi connectivity index (χ1v) is 45.2. The smallest absolute Gasteiger partial charge is 0.462 e. The molecule has 0 saturated carbocycles. The van der Waals surface area contributed by atoms with E-state index in [1.54, 1.807) is 0 Å². The summed E-state index contributed by atoms with van der Waals surface area (Å²) in [5, 5.41) is 10.6. The van der Waals surface area contributed by atoms with Gasteiger partial charge in [0.1, 0.15) is 19.3 Å². The molecule has 0 rings (SSSR count). The first-order chi connectivity index (χ1) is 48.6. The highest BCUT2D eigenvalue weighted by Crippen LogP contribution is 2.45. The highest BCUT2D eigenvalue weighted by atomic mass is 31.2. The minimum atomic E-state index is -4.96. The zero-order chi connectivity index (χ0) is 73.4. The maximum Gasteiger partial charge on any atom is 0.472 e. The summed E-state index contributed by atoms with van der Waals surface area (Å²) in [6.07, 6.45) is 65.2. The molecule has 0 aromatic heterocycles. The summed E-state index contributed by atoms with van der Waals surface area (Å²) in [5.74, 6) is -1.24. The fourth-order valence-electron chi connectivity index (χ4n) is 12.6. The van der Waals surface area contributed by atoms with Crippen molar-refractivity contribution in [1.82, 2.24) is 0 Å². The second-order valence-corrected chi connectivity index (χ2v) is 32.3. The number of unbranched alkanes of at least 4 members (excludes halogenated alkanes) is 52. The SMILES string of the molecule is CCCCCCCCCCCCCCCCCCCCC(=O)OC[C@H](COP(=O)(O)OC[C@@H](O)COP(=O)(O)OC[C@@H](COC(=O)CCCCCCCCCCCC)OC(=O)CCCCCCCCCCCC)OC(=O)CCCCCCCCCCCCCCCCCCCCC(C)CC. The molecule has 0 aliphatic heterocycles. The van der Waals surface area contributed by atoms with Crippen LogP contribution in [0.25, 0.3) is 0 Å². The van der Waals surface area contributed by atoms with E-state index in [4.69, 9.17) is 37.0 Å². The number of hydrogen-bond acceptors (Lipinski definition) is 15. The fraction of sp³-hybridized carbons (Fsp3) is 0.951. The van der Waals surface area contributed by atoms with E-state index in [1.807, 2.05) is 0 Å². The van der Waals surface area contributed by atoms with E-state index >= 15 is 0 Å². The minimum Gasteiger partial charge on any atom is -0.462 e. The highest BCUT2D eigenvalue weighted by Gasteiger charge is 2.30. The Morgan fingerprint density at radius 3 is 0.710 bits per heavy atom. The molecule has 100 heavy (non-hydrogen) atoms. The third-order valence-electron chi connectivity index (χ3n) is 19.4. The number of phosphoric ester groups is 2. The lowest BCUT2D eigenvalue weighted by Crippen LogP contribution is -2.30. The van der Waals surface area contributed by atoms with E-state index < -0.39 is 97.5 Å². The highest BCUT2D eigenvalue weighted by molar-refractivity contribution is 7.47. The molecule has 0 aliphatic rings. The molecule has 0 aromatic carbocycles. The van der Waals surface area contributed by atoms with Gasteiger partial charge in [0, 0.05) is 25.7 Å². The van der Waals surface area contributed by atoms with Crippen LogP contribution in [0.1, 0.15) is 433 Å². The van der Waals surface area contributed by atoms with Crippen LogP contribution >= 0.6 is 15.6 Å². The number of ether oxygens (including phenoxy) is 4. The molecule has 0 radical (unpaired) electrons. The molecule has 0 spiro atoms. The molecular weight excluding hydrogens is 1310 g/mol. The summed E-state index contributed by atoms with van der Waals surface area (Å²) in [5.41, 5.74) is 0. The predicted octanol–water partition coefficient (Wildman–Crippen LogP) is 24.4. The van der Waals surface area contributed by atoms with Crippen LogP contribution in [0, 0.1) is 5.92 Å². The lowest BCUT2D eigenvalue weighted by Gasteiger charge is -2.21. The van der Waals surface area contributed by atoms with Gasteiger partial charge in [0.25, 0.3) is 0 Å². The topological polar surface area (TPSA) is 237 Å². The van der Waals surface area contributed by atoms with Crippen molar-refractivity contribution >= 4 is 39.5 Å². The number of esters is 4. The molecule has 19 heteroatoms. The van der Waals surface area contributed by atoms with Gasteiger partial charge >= 0.3 is 39.5 Å². The Hall–Kier alpha value is -1.94. The Labute approximate surface area is 613 Å². The monoisotopic (exact) mass is 1470 g/mol. The van der Waals surface area contributed by atoms with Crippen molar-refractivity contribution in [3.05, 3.63) is 0 Å². The second kappa shape index (κ2) is 73.9. The number of carbonyl (C=O) groups is 4. The first-order valence-electron chi connectivity index (χ1n) is 42.2. The van der Waals surface area contributed by atoms with Crippen LogP contribution in [0.2, 0.25) is 0 Å². The van der Waals surface area contributed by atoms with Crippen LogP contribution in [0.3, 0.4) is 0 Å². The Morgan fingerprint density at radius 1 is 0.280 bits per heavy atom. The molecule has 594 valence electrons. The van der Waals surface area contributed by atoms with E-state index in [0.29, 0.717) is 25.7 Å².